The molecule has 2 rings (SSSR count). The average Bonchev–Trinajstić information content (AvgIpc) is 2.64. The van der Waals surface area contributed by atoms with E-state index in [1.807, 2.05) is 0 Å². The van der Waals surface area contributed by atoms with Gasteiger partial charge in [0, 0.05) is 32.2 Å². The quantitative estimate of drug-likeness (QED) is 0.231. The van der Waals surface area contributed by atoms with Crippen molar-refractivity contribution in [1.82, 2.24) is 20.4 Å². The van der Waals surface area contributed by atoms with Gasteiger partial charge in [0.2, 0.25) is 0 Å². The van der Waals surface area contributed by atoms with E-state index in [1.165, 1.54) is 77.5 Å². The molecule has 0 bridgehead atoms. The van der Waals surface area contributed by atoms with Crippen LogP contribution in [0.1, 0.15) is 65.2 Å². The van der Waals surface area contributed by atoms with Crippen LogP contribution in [0.4, 0.5) is 0 Å². The van der Waals surface area contributed by atoms with Crippen molar-refractivity contribution in [2.45, 2.75) is 71.3 Å². The number of guanidine groups is 1. The third-order valence-corrected chi connectivity index (χ3v) is 5.58. The molecule has 0 aromatic carbocycles. The molecule has 154 valence electrons. The fourth-order valence-electron chi connectivity index (χ4n) is 3.96. The van der Waals surface area contributed by atoms with Gasteiger partial charge in [-0.25, -0.2) is 0 Å². The average molecular weight is 479 g/mol. The summed E-state index contributed by atoms with van der Waals surface area (Å²) in [4.78, 5) is 9.99. The summed E-state index contributed by atoms with van der Waals surface area (Å²) in [5, 5.41) is 6.88. The van der Waals surface area contributed by atoms with E-state index in [-0.39, 0.29) is 24.0 Å². The molecular formula is C20H42IN5. The van der Waals surface area contributed by atoms with Gasteiger partial charge in [-0.3, -0.25) is 4.99 Å². The zero-order valence-electron chi connectivity index (χ0n) is 17.1. The summed E-state index contributed by atoms with van der Waals surface area (Å²) >= 11 is 0. The molecule has 2 fully saturated rings. The maximum Gasteiger partial charge on any atom is 0.191 e. The van der Waals surface area contributed by atoms with E-state index in [0.29, 0.717) is 0 Å². The third kappa shape index (κ3) is 9.74. The number of rotatable bonds is 9. The van der Waals surface area contributed by atoms with E-state index < -0.39 is 0 Å². The molecule has 0 saturated carbocycles. The van der Waals surface area contributed by atoms with Gasteiger partial charge in [-0.15, -0.1) is 24.0 Å². The largest absolute Gasteiger partial charge is 0.357 e. The molecule has 26 heavy (non-hydrogen) atoms. The number of likely N-dealkylation sites (tertiary alicyclic amines) is 2. The lowest BCUT2D eigenvalue weighted by Crippen LogP contribution is -2.42. The second-order valence-electron chi connectivity index (χ2n) is 7.68. The van der Waals surface area contributed by atoms with Crippen molar-refractivity contribution >= 4 is 29.9 Å². The smallest absolute Gasteiger partial charge is 0.191 e. The topological polar surface area (TPSA) is 42.9 Å². The standard InChI is InChI=1S/C20H41N5.HI/c1-3-21-20(23-13-18-24-14-7-4-8-15-24)22-12-6-10-17-25-16-9-5-11-19(25)2;/h19H,3-18H2,1-2H3,(H2,21,22,23);1H. The Labute approximate surface area is 178 Å². The monoisotopic (exact) mass is 479 g/mol. The number of aliphatic imine (C=N–C) groups is 1. The third-order valence-electron chi connectivity index (χ3n) is 5.58. The van der Waals surface area contributed by atoms with Gasteiger partial charge in [-0.05, 0) is 78.6 Å². The van der Waals surface area contributed by atoms with E-state index in [1.54, 1.807) is 0 Å². The van der Waals surface area contributed by atoms with Gasteiger partial charge in [-0.2, -0.15) is 0 Å². The first-order valence-corrected chi connectivity index (χ1v) is 10.8. The van der Waals surface area contributed by atoms with Crippen LogP contribution in [0.25, 0.3) is 0 Å². The van der Waals surface area contributed by atoms with Gasteiger partial charge in [0.05, 0.1) is 0 Å². The first kappa shape index (κ1) is 24.0. The second-order valence-corrected chi connectivity index (χ2v) is 7.68. The van der Waals surface area contributed by atoms with Crippen molar-refractivity contribution < 1.29 is 0 Å². The van der Waals surface area contributed by atoms with Crippen LogP contribution in [-0.4, -0.2) is 74.2 Å². The normalized spacial score (nSPS) is 22.7. The summed E-state index contributed by atoms with van der Waals surface area (Å²) < 4.78 is 0. The summed E-state index contributed by atoms with van der Waals surface area (Å²) in [6.07, 6.45) is 10.8. The summed E-state index contributed by atoms with van der Waals surface area (Å²) in [7, 11) is 0. The van der Waals surface area contributed by atoms with Crippen LogP contribution in [0, 0.1) is 0 Å². The van der Waals surface area contributed by atoms with Crippen molar-refractivity contribution in [1.29, 1.82) is 0 Å². The Morgan fingerprint density at radius 2 is 1.73 bits per heavy atom. The second kappa shape index (κ2) is 14.9. The number of hydrogen-bond acceptors (Lipinski definition) is 3. The Hall–Kier alpha value is -0.0800. The molecule has 5 nitrogen and oxygen atoms in total. The molecule has 0 spiro atoms. The highest BCUT2D eigenvalue weighted by Crippen LogP contribution is 2.16. The molecule has 2 aliphatic rings. The lowest BCUT2D eigenvalue weighted by atomic mass is 10.0. The molecule has 2 heterocycles. The van der Waals surface area contributed by atoms with Crippen LogP contribution in [0.15, 0.2) is 4.99 Å². The maximum atomic E-state index is 4.76. The van der Waals surface area contributed by atoms with E-state index in [9.17, 15) is 0 Å². The Morgan fingerprint density at radius 3 is 2.46 bits per heavy atom. The molecule has 0 aromatic rings. The number of nitrogens with one attached hydrogen (secondary N) is 2. The minimum atomic E-state index is 0. The molecule has 0 amide bonds. The van der Waals surface area contributed by atoms with E-state index in [0.717, 1.165) is 38.2 Å². The van der Waals surface area contributed by atoms with Crippen molar-refractivity contribution in [2.75, 3.05) is 52.4 Å². The molecule has 1 atom stereocenters. The number of halogens is 1. The van der Waals surface area contributed by atoms with Gasteiger partial charge in [-0.1, -0.05) is 12.8 Å². The Kier molecular flexibility index (Phi) is 13.7. The van der Waals surface area contributed by atoms with Crippen LogP contribution in [0.2, 0.25) is 0 Å². The van der Waals surface area contributed by atoms with Gasteiger partial charge >= 0.3 is 0 Å². The van der Waals surface area contributed by atoms with Crippen LogP contribution in [0.5, 0.6) is 0 Å². The van der Waals surface area contributed by atoms with Gasteiger partial charge in [0.15, 0.2) is 5.96 Å². The van der Waals surface area contributed by atoms with Crippen molar-refractivity contribution in [3.05, 3.63) is 0 Å². The molecule has 0 aromatic heterocycles. The maximum absolute atomic E-state index is 4.76. The fourth-order valence-corrected chi connectivity index (χ4v) is 3.96. The fraction of sp³-hybridized carbons (Fsp3) is 0.950. The number of piperidine rings is 2. The van der Waals surface area contributed by atoms with Crippen LogP contribution in [0.3, 0.4) is 0 Å². The Bertz CT molecular complexity index is 371. The molecule has 0 aliphatic carbocycles. The molecule has 2 N–H and O–H groups in total. The summed E-state index contributed by atoms with van der Waals surface area (Å²) in [6, 6.07) is 0.783. The predicted molar refractivity (Wildman–Crippen MR) is 124 cm³/mol. The zero-order chi connectivity index (χ0) is 17.7. The highest BCUT2D eigenvalue weighted by atomic mass is 127. The lowest BCUT2D eigenvalue weighted by molar-refractivity contribution is 0.158. The zero-order valence-corrected chi connectivity index (χ0v) is 19.5. The minimum absolute atomic E-state index is 0. The highest BCUT2D eigenvalue weighted by molar-refractivity contribution is 14.0. The molecular weight excluding hydrogens is 437 g/mol. The first-order chi connectivity index (χ1) is 12.3. The Balaban J connectivity index is 0.00000338. The molecule has 2 aliphatic heterocycles. The number of nitrogens with zero attached hydrogens (tertiary/aromatic N) is 3. The summed E-state index contributed by atoms with van der Waals surface area (Å²) in [6.45, 7) is 13.6. The predicted octanol–water partition coefficient (Wildman–Crippen LogP) is 3.30. The first-order valence-electron chi connectivity index (χ1n) is 10.8. The Morgan fingerprint density at radius 1 is 0.962 bits per heavy atom. The molecule has 1 unspecified atom stereocenters. The molecule has 0 radical (unpaired) electrons. The SMILES string of the molecule is CCNC(=NCCCCN1CCCCC1C)NCCN1CCCCC1.I. The van der Waals surface area contributed by atoms with Crippen molar-refractivity contribution in [3.63, 3.8) is 0 Å². The van der Waals surface area contributed by atoms with Gasteiger partial charge in [0.25, 0.3) is 0 Å². The van der Waals surface area contributed by atoms with Crippen molar-refractivity contribution in [2.24, 2.45) is 4.99 Å². The molecule has 6 heteroatoms. The van der Waals surface area contributed by atoms with Crippen molar-refractivity contribution in [3.8, 4) is 0 Å². The van der Waals surface area contributed by atoms with E-state index in [4.69, 9.17) is 4.99 Å². The van der Waals surface area contributed by atoms with Crippen LogP contribution in [-0.2, 0) is 0 Å². The highest BCUT2D eigenvalue weighted by Gasteiger charge is 2.16. The van der Waals surface area contributed by atoms with Crippen LogP contribution >= 0.6 is 24.0 Å². The number of hydrogen-bond donors (Lipinski definition) is 2. The van der Waals surface area contributed by atoms with Gasteiger partial charge in [0.1, 0.15) is 0 Å². The summed E-state index contributed by atoms with van der Waals surface area (Å²) in [5.41, 5.74) is 0. The van der Waals surface area contributed by atoms with E-state index in [2.05, 4.69) is 34.3 Å². The van der Waals surface area contributed by atoms with Crippen LogP contribution < -0.4 is 10.6 Å². The lowest BCUT2D eigenvalue weighted by Gasteiger charge is -2.33. The van der Waals surface area contributed by atoms with E-state index >= 15 is 0 Å². The minimum Gasteiger partial charge on any atom is -0.357 e. The summed E-state index contributed by atoms with van der Waals surface area (Å²) in [5.74, 6) is 0.992. The van der Waals surface area contributed by atoms with Gasteiger partial charge < -0.3 is 20.4 Å². The molecule has 2 saturated heterocycles. The number of unbranched alkanes of at least 4 members (excludes halogenated alkanes) is 1.